The molecule has 0 heterocycles. The maximum absolute atomic E-state index is 11.6. The van der Waals surface area contributed by atoms with Crippen LogP contribution in [-0.2, 0) is 4.79 Å². The van der Waals surface area contributed by atoms with Gasteiger partial charge in [-0.1, -0.05) is 6.92 Å². The van der Waals surface area contributed by atoms with E-state index in [9.17, 15) is 18.0 Å². The van der Waals surface area contributed by atoms with Gasteiger partial charge >= 0.3 is 6.18 Å². The fourth-order valence-corrected chi connectivity index (χ4v) is 0.566. The Bertz CT molecular complexity index is 141. The lowest BCUT2D eigenvalue weighted by Crippen LogP contribution is -2.36. The predicted octanol–water partition coefficient (Wildman–Crippen LogP) is 1.28. The lowest BCUT2D eigenvalue weighted by molar-refractivity contribution is -0.203. The lowest BCUT2D eigenvalue weighted by atomic mass is 10.1. The molecule has 0 spiro atoms. The molecule has 1 unspecified atom stereocenters. The highest BCUT2D eigenvalue weighted by Crippen LogP contribution is 2.21. The molecular weight excluding hydrogens is 161 g/mol. The molecule has 0 aliphatic rings. The Labute approximate surface area is 62.0 Å². The standard InChI is InChI=1S/C6H9F3O2/c1-2-3-4(10)5(11)6(7,8)9/h5,11H,2-3H2,1H3. The van der Waals surface area contributed by atoms with Crippen LogP contribution in [0.25, 0.3) is 0 Å². The van der Waals surface area contributed by atoms with Gasteiger partial charge in [0.2, 0.25) is 6.10 Å². The van der Waals surface area contributed by atoms with Crippen LogP contribution >= 0.6 is 0 Å². The van der Waals surface area contributed by atoms with Crippen LogP contribution in [0.2, 0.25) is 0 Å². The minimum atomic E-state index is -4.81. The number of rotatable bonds is 3. The number of carbonyl (C=O) groups excluding carboxylic acids is 1. The number of Topliss-reactive ketones (excluding diaryl/α,β-unsaturated/α-hetero) is 1. The predicted molar refractivity (Wildman–Crippen MR) is 32.0 cm³/mol. The van der Waals surface area contributed by atoms with E-state index in [0.29, 0.717) is 6.42 Å². The minimum Gasteiger partial charge on any atom is -0.377 e. The van der Waals surface area contributed by atoms with Crippen LogP contribution in [-0.4, -0.2) is 23.2 Å². The van der Waals surface area contributed by atoms with Crippen molar-refractivity contribution < 1.29 is 23.1 Å². The highest BCUT2D eigenvalue weighted by molar-refractivity contribution is 5.83. The van der Waals surface area contributed by atoms with Crippen LogP contribution < -0.4 is 0 Å². The molecule has 0 saturated carbocycles. The third kappa shape index (κ3) is 3.36. The van der Waals surface area contributed by atoms with Crippen molar-refractivity contribution in [3.8, 4) is 0 Å². The Morgan fingerprint density at radius 2 is 2.00 bits per heavy atom. The summed E-state index contributed by atoms with van der Waals surface area (Å²) < 4.78 is 34.7. The number of hydrogen-bond acceptors (Lipinski definition) is 2. The van der Waals surface area contributed by atoms with Crippen molar-refractivity contribution in [2.75, 3.05) is 0 Å². The number of carbonyl (C=O) groups is 1. The van der Waals surface area contributed by atoms with Crippen LogP contribution in [0.5, 0.6) is 0 Å². The summed E-state index contributed by atoms with van der Waals surface area (Å²) in [6.45, 7) is 1.57. The topological polar surface area (TPSA) is 37.3 Å². The summed E-state index contributed by atoms with van der Waals surface area (Å²) in [5.41, 5.74) is 0. The molecule has 0 aromatic heterocycles. The van der Waals surface area contributed by atoms with Crippen LogP contribution in [0.1, 0.15) is 19.8 Å². The third-order valence-electron chi connectivity index (χ3n) is 1.11. The summed E-state index contributed by atoms with van der Waals surface area (Å²) in [7, 11) is 0. The van der Waals surface area contributed by atoms with Crippen LogP contribution in [0, 0.1) is 0 Å². The van der Waals surface area contributed by atoms with E-state index in [0.717, 1.165) is 0 Å². The molecule has 11 heavy (non-hydrogen) atoms. The summed E-state index contributed by atoms with van der Waals surface area (Å²) in [6.07, 6.45) is -7.54. The van der Waals surface area contributed by atoms with E-state index in [2.05, 4.69) is 0 Å². The van der Waals surface area contributed by atoms with Crippen LogP contribution in [0.4, 0.5) is 13.2 Å². The van der Waals surface area contributed by atoms with E-state index >= 15 is 0 Å². The van der Waals surface area contributed by atoms with Gasteiger partial charge in [-0.15, -0.1) is 0 Å². The summed E-state index contributed by atoms with van der Waals surface area (Å²) in [4.78, 5) is 10.4. The molecule has 0 aliphatic heterocycles. The number of hydrogen-bond donors (Lipinski definition) is 1. The van der Waals surface area contributed by atoms with Crippen molar-refractivity contribution in [2.24, 2.45) is 0 Å². The van der Waals surface area contributed by atoms with Gasteiger partial charge in [-0.25, -0.2) is 0 Å². The summed E-state index contributed by atoms with van der Waals surface area (Å²) in [6, 6.07) is 0. The maximum Gasteiger partial charge on any atom is 0.421 e. The molecule has 66 valence electrons. The quantitative estimate of drug-likeness (QED) is 0.692. The summed E-state index contributed by atoms with van der Waals surface area (Å²) >= 11 is 0. The highest BCUT2D eigenvalue weighted by Gasteiger charge is 2.42. The van der Waals surface area contributed by atoms with Crippen molar-refractivity contribution >= 4 is 5.78 Å². The summed E-state index contributed by atoms with van der Waals surface area (Å²) in [5.74, 6) is -1.17. The van der Waals surface area contributed by atoms with Crippen molar-refractivity contribution in [1.82, 2.24) is 0 Å². The summed E-state index contributed by atoms with van der Waals surface area (Å²) in [5, 5.41) is 8.31. The zero-order valence-corrected chi connectivity index (χ0v) is 5.98. The molecular formula is C6H9F3O2. The molecule has 0 bridgehead atoms. The molecule has 0 aliphatic carbocycles. The Kier molecular flexibility index (Phi) is 3.51. The Morgan fingerprint density at radius 1 is 1.55 bits per heavy atom. The van der Waals surface area contributed by atoms with Gasteiger partial charge in [0, 0.05) is 6.42 Å². The minimum absolute atomic E-state index is 0.235. The largest absolute Gasteiger partial charge is 0.421 e. The molecule has 0 fully saturated rings. The van der Waals surface area contributed by atoms with Gasteiger partial charge in [0.15, 0.2) is 5.78 Å². The first-order valence-corrected chi connectivity index (χ1v) is 3.17. The molecule has 0 rings (SSSR count). The second-order valence-electron chi connectivity index (χ2n) is 2.16. The van der Waals surface area contributed by atoms with E-state index in [4.69, 9.17) is 5.11 Å². The van der Waals surface area contributed by atoms with Crippen molar-refractivity contribution in [2.45, 2.75) is 32.0 Å². The highest BCUT2D eigenvalue weighted by atomic mass is 19.4. The second kappa shape index (κ2) is 3.71. The van der Waals surface area contributed by atoms with E-state index in [1.807, 2.05) is 0 Å². The molecule has 2 nitrogen and oxygen atoms in total. The van der Waals surface area contributed by atoms with Gasteiger partial charge < -0.3 is 5.11 Å². The van der Waals surface area contributed by atoms with Gasteiger partial charge in [0.1, 0.15) is 0 Å². The molecule has 0 radical (unpaired) electrons. The number of halogens is 3. The fourth-order valence-electron chi connectivity index (χ4n) is 0.566. The fraction of sp³-hybridized carbons (Fsp3) is 0.833. The zero-order chi connectivity index (χ0) is 9.07. The number of aliphatic hydroxyl groups is 1. The van der Waals surface area contributed by atoms with Crippen LogP contribution in [0.3, 0.4) is 0 Å². The molecule has 0 amide bonds. The van der Waals surface area contributed by atoms with Crippen molar-refractivity contribution in [1.29, 1.82) is 0 Å². The molecule has 0 saturated heterocycles. The average Bonchev–Trinajstić information content (AvgIpc) is 1.85. The van der Waals surface area contributed by atoms with Crippen molar-refractivity contribution in [3.63, 3.8) is 0 Å². The normalized spacial score (nSPS) is 14.6. The van der Waals surface area contributed by atoms with Gasteiger partial charge in [0.05, 0.1) is 0 Å². The first-order chi connectivity index (χ1) is 4.89. The smallest absolute Gasteiger partial charge is 0.377 e. The van der Waals surface area contributed by atoms with E-state index in [1.54, 1.807) is 6.92 Å². The second-order valence-corrected chi connectivity index (χ2v) is 2.16. The van der Waals surface area contributed by atoms with Gasteiger partial charge in [-0.2, -0.15) is 13.2 Å². The average molecular weight is 170 g/mol. The third-order valence-corrected chi connectivity index (χ3v) is 1.11. The first kappa shape index (κ1) is 10.4. The van der Waals surface area contributed by atoms with Gasteiger partial charge in [-0.05, 0) is 6.42 Å². The Hall–Kier alpha value is -0.580. The molecule has 0 aromatic rings. The number of aliphatic hydroxyl groups excluding tert-OH is 1. The number of ketones is 1. The van der Waals surface area contributed by atoms with E-state index in [-0.39, 0.29) is 6.42 Å². The first-order valence-electron chi connectivity index (χ1n) is 3.17. The SMILES string of the molecule is CCCC(=O)C(O)C(F)(F)F. The molecule has 1 N–H and O–H groups in total. The number of alkyl halides is 3. The Balaban J connectivity index is 4.03. The zero-order valence-electron chi connectivity index (χ0n) is 5.98. The van der Waals surface area contributed by atoms with Gasteiger partial charge in [0.25, 0.3) is 0 Å². The van der Waals surface area contributed by atoms with E-state index in [1.165, 1.54) is 0 Å². The monoisotopic (exact) mass is 170 g/mol. The van der Waals surface area contributed by atoms with Gasteiger partial charge in [-0.3, -0.25) is 4.79 Å². The van der Waals surface area contributed by atoms with Crippen molar-refractivity contribution in [3.05, 3.63) is 0 Å². The molecule has 1 atom stereocenters. The lowest BCUT2D eigenvalue weighted by Gasteiger charge is -2.11. The van der Waals surface area contributed by atoms with E-state index < -0.39 is 18.1 Å². The van der Waals surface area contributed by atoms with Crippen LogP contribution in [0.15, 0.2) is 0 Å². The molecule has 5 heteroatoms. The Morgan fingerprint density at radius 3 is 2.27 bits per heavy atom. The maximum atomic E-state index is 11.6. The molecule has 0 aromatic carbocycles.